The molecule has 0 aliphatic rings. The van der Waals surface area contributed by atoms with Crippen molar-refractivity contribution in [2.75, 3.05) is 7.05 Å². The highest BCUT2D eigenvalue weighted by Crippen LogP contribution is 2.19. The number of tetrazole rings is 1. The molecular weight excluding hydrogens is 238 g/mol. The van der Waals surface area contributed by atoms with Gasteiger partial charge in [0.2, 0.25) is 0 Å². The Morgan fingerprint density at radius 3 is 2.71 bits per heavy atom. The van der Waals surface area contributed by atoms with E-state index in [1.54, 1.807) is 4.68 Å². The van der Waals surface area contributed by atoms with Gasteiger partial charge in [0, 0.05) is 5.02 Å². The van der Waals surface area contributed by atoms with Gasteiger partial charge < -0.3 is 5.32 Å². The minimum Gasteiger partial charge on any atom is -0.313 e. The highest BCUT2D eigenvalue weighted by atomic mass is 35.5. The van der Waals surface area contributed by atoms with Gasteiger partial charge in [-0.25, -0.2) is 4.68 Å². The van der Waals surface area contributed by atoms with Crippen LogP contribution in [-0.2, 0) is 6.54 Å². The minimum absolute atomic E-state index is 0.0885. The average molecular weight is 252 g/mol. The van der Waals surface area contributed by atoms with Crippen molar-refractivity contribution in [3.8, 4) is 0 Å². The molecule has 0 spiro atoms. The molecular formula is C11H14ClN5. The van der Waals surface area contributed by atoms with Gasteiger partial charge in [0.15, 0.2) is 5.82 Å². The van der Waals surface area contributed by atoms with E-state index in [4.69, 9.17) is 11.6 Å². The molecule has 1 atom stereocenters. The Kier molecular flexibility index (Phi) is 3.71. The molecule has 1 N–H and O–H groups in total. The van der Waals surface area contributed by atoms with E-state index in [0.29, 0.717) is 6.54 Å². The monoisotopic (exact) mass is 251 g/mol. The van der Waals surface area contributed by atoms with Crippen LogP contribution in [0.15, 0.2) is 24.3 Å². The van der Waals surface area contributed by atoms with Crippen LogP contribution in [0.5, 0.6) is 0 Å². The standard InChI is InChI=1S/C11H14ClN5/c1-8(9-3-5-10(12)6-4-9)17-11(7-13-2)14-15-16-17/h3-6,8,13H,7H2,1-2H3. The second-order valence-corrected chi connectivity index (χ2v) is 4.23. The van der Waals surface area contributed by atoms with Gasteiger partial charge in [0.25, 0.3) is 0 Å². The Balaban J connectivity index is 2.26. The van der Waals surface area contributed by atoms with Gasteiger partial charge in [-0.15, -0.1) is 5.10 Å². The molecule has 90 valence electrons. The molecule has 2 rings (SSSR count). The lowest BCUT2D eigenvalue weighted by Crippen LogP contribution is -2.17. The average Bonchev–Trinajstić information content (AvgIpc) is 2.78. The zero-order valence-corrected chi connectivity index (χ0v) is 10.5. The number of nitrogens with zero attached hydrogens (tertiary/aromatic N) is 4. The first-order valence-electron chi connectivity index (χ1n) is 5.39. The van der Waals surface area contributed by atoms with Crippen LogP contribution in [0.1, 0.15) is 24.4 Å². The van der Waals surface area contributed by atoms with Crippen LogP contribution >= 0.6 is 11.6 Å². The van der Waals surface area contributed by atoms with Crippen molar-refractivity contribution in [1.29, 1.82) is 0 Å². The Morgan fingerprint density at radius 1 is 1.35 bits per heavy atom. The van der Waals surface area contributed by atoms with E-state index < -0.39 is 0 Å². The van der Waals surface area contributed by atoms with E-state index in [9.17, 15) is 0 Å². The van der Waals surface area contributed by atoms with Crippen molar-refractivity contribution in [1.82, 2.24) is 25.5 Å². The predicted molar refractivity (Wildman–Crippen MR) is 65.8 cm³/mol. The minimum atomic E-state index is 0.0885. The number of aromatic nitrogens is 4. The molecule has 1 unspecified atom stereocenters. The molecule has 0 radical (unpaired) electrons. The van der Waals surface area contributed by atoms with Crippen LogP contribution in [0.4, 0.5) is 0 Å². The van der Waals surface area contributed by atoms with Crippen LogP contribution in [-0.4, -0.2) is 27.3 Å². The van der Waals surface area contributed by atoms with Crippen molar-refractivity contribution in [3.63, 3.8) is 0 Å². The van der Waals surface area contributed by atoms with Gasteiger partial charge in [-0.2, -0.15) is 0 Å². The lowest BCUT2D eigenvalue weighted by atomic mass is 10.1. The maximum atomic E-state index is 5.87. The van der Waals surface area contributed by atoms with Gasteiger partial charge in [0.05, 0.1) is 12.6 Å². The zero-order valence-electron chi connectivity index (χ0n) is 9.76. The predicted octanol–water partition coefficient (Wildman–Crippen LogP) is 1.66. The Hall–Kier alpha value is -1.46. The first-order chi connectivity index (χ1) is 8.22. The van der Waals surface area contributed by atoms with E-state index in [-0.39, 0.29) is 6.04 Å². The van der Waals surface area contributed by atoms with E-state index >= 15 is 0 Å². The van der Waals surface area contributed by atoms with Crippen molar-refractivity contribution >= 4 is 11.6 Å². The van der Waals surface area contributed by atoms with E-state index in [1.165, 1.54) is 0 Å². The maximum Gasteiger partial charge on any atom is 0.165 e. The van der Waals surface area contributed by atoms with Crippen LogP contribution in [0.2, 0.25) is 5.02 Å². The van der Waals surface area contributed by atoms with Crippen molar-refractivity contribution in [2.45, 2.75) is 19.5 Å². The van der Waals surface area contributed by atoms with Gasteiger partial charge in [0.1, 0.15) is 0 Å². The molecule has 1 aromatic heterocycles. The number of benzene rings is 1. The molecule has 0 saturated heterocycles. The number of rotatable bonds is 4. The Bertz CT molecular complexity index is 479. The molecule has 0 amide bonds. The summed E-state index contributed by atoms with van der Waals surface area (Å²) < 4.78 is 1.81. The van der Waals surface area contributed by atoms with Crippen molar-refractivity contribution < 1.29 is 0 Å². The molecule has 6 heteroatoms. The fraction of sp³-hybridized carbons (Fsp3) is 0.364. The summed E-state index contributed by atoms with van der Waals surface area (Å²) in [6.45, 7) is 2.70. The van der Waals surface area contributed by atoms with E-state index in [1.807, 2.05) is 31.3 Å². The molecule has 17 heavy (non-hydrogen) atoms. The highest BCUT2D eigenvalue weighted by Gasteiger charge is 2.13. The van der Waals surface area contributed by atoms with Crippen molar-refractivity contribution in [3.05, 3.63) is 40.7 Å². The largest absolute Gasteiger partial charge is 0.313 e. The zero-order chi connectivity index (χ0) is 12.3. The fourth-order valence-corrected chi connectivity index (χ4v) is 1.80. The van der Waals surface area contributed by atoms with Gasteiger partial charge in [-0.05, 0) is 42.1 Å². The molecule has 0 bridgehead atoms. The number of halogens is 1. The molecule has 5 nitrogen and oxygen atoms in total. The van der Waals surface area contributed by atoms with Gasteiger partial charge in [-0.1, -0.05) is 23.7 Å². The summed E-state index contributed by atoms with van der Waals surface area (Å²) in [5, 5.41) is 15.5. The SMILES string of the molecule is CNCc1nnnn1C(C)c1ccc(Cl)cc1. The third-order valence-corrected chi connectivity index (χ3v) is 2.87. The van der Waals surface area contributed by atoms with E-state index in [2.05, 4.69) is 27.8 Å². The molecule has 2 aromatic rings. The fourth-order valence-electron chi connectivity index (χ4n) is 1.67. The number of nitrogens with one attached hydrogen (secondary N) is 1. The molecule has 1 aromatic carbocycles. The molecule has 1 heterocycles. The lowest BCUT2D eigenvalue weighted by molar-refractivity contribution is 0.513. The summed E-state index contributed by atoms with van der Waals surface area (Å²) in [6, 6.07) is 7.80. The smallest absolute Gasteiger partial charge is 0.165 e. The first kappa shape index (κ1) is 12.0. The van der Waals surface area contributed by atoms with Gasteiger partial charge in [-0.3, -0.25) is 0 Å². The summed E-state index contributed by atoms with van der Waals surface area (Å²) in [5.41, 5.74) is 1.12. The first-order valence-corrected chi connectivity index (χ1v) is 5.77. The summed E-state index contributed by atoms with van der Waals surface area (Å²) in [6.07, 6.45) is 0. The Morgan fingerprint density at radius 2 is 2.06 bits per heavy atom. The maximum absolute atomic E-state index is 5.87. The summed E-state index contributed by atoms with van der Waals surface area (Å²) in [7, 11) is 1.87. The van der Waals surface area contributed by atoms with Crippen LogP contribution in [0.25, 0.3) is 0 Å². The summed E-state index contributed by atoms with van der Waals surface area (Å²) >= 11 is 5.87. The van der Waals surface area contributed by atoms with Crippen LogP contribution in [0, 0.1) is 0 Å². The molecule has 0 aliphatic heterocycles. The molecule has 0 fully saturated rings. The third-order valence-electron chi connectivity index (χ3n) is 2.62. The lowest BCUT2D eigenvalue weighted by Gasteiger charge is -2.13. The molecule has 0 saturated carbocycles. The topological polar surface area (TPSA) is 55.6 Å². The number of hydrogen-bond acceptors (Lipinski definition) is 4. The Labute approximate surface area is 105 Å². The van der Waals surface area contributed by atoms with Crippen LogP contribution < -0.4 is 5.32 Å². The molecule has 0 aliphatic carbocycles. The number of hydrogen-bond donors (Lipinski definition) is 1. The van der Waals surface area contributed by atoms with Crippen molar-refractivity contribution in [2.24, 2.45) is 0 Å². The van der Waals surface area contributed by atoms with Gasteiger partial charge >= 0.3 is 0 Å². The third kappa shape index (κ3) is 2.62. The second-order valence-electron chi connectivity index (χ2n) is 3.80. The quantitative estimate of drug-likeness (QED) is 0.898. The highest BCUT2D eigenvalue weighted by molar-refractivity contribution is 6.30. The normalized spacial score (nSPS) is 12.6. The van der Waals surface area contributed by atoms with E-state index in [0.717, 1.165) is 16.4 Å². The summed E-state index contributed by atoms with van der Waals surface area (Å²) in [5.74, 6) is 0.815. The summed E-state index contributed by atoms with van der Waals surface area (Å²) in [4.78, 5) is 0. The second kappa shape index (κ2) is 5.25. The van der Waals surface area contributed by atoms with Crippen LogP contribution in [0.3, 0.4) is 0 Å².